The van der Waals surface area contributed by atoms with Crippen LogP contribution < -0.4 is 10.6 Å². The summed E-state index contributed by atoms with van der Waals surface area (Å²) in [5, 5.41) is 14.6. The molecule has 23 heavy (non-hydrogen) atoms. The van der Waals surface area contributed by atoms with Crippen molar-refractivity contribution in [2.45, 2.75) is 33.6 Å². The molecule has 5 nitrogen and oxygen atoms in total. The van der Waals surface area contributed by atoms with Crippen molar-refractivity contribution in [3.8, 4) is 0 Å². The van der Waals surface area contributed by atoms with Crippen LogP contribution in [0.3, 0.4) is 0 Å². The average molecular weight is 341 g/mol. The number of nitrogens with one attached hydrogen (secondary N) is 2. The van der Waals surface area contributed by atoms with Gasteiger partial charge in [0.25, 0.3) is 0 Å². The first-order chi connectivity index (χ1) is 10.8. The molecule has 0 saturated carbocycles. The number of rotatable bonds is 7. The second-order valence-electron chi connectivity index (χ2n) is 6.11. The van der Waals surface area contributed by atoms with E-state index in [-0.39, 0.29) is 12.5 Å². The van der Waals surface area contributed by atoms with E-state index in [4.69, 9.17) is 16.7 Å². The van der Waals surface area contributed by atoms with Crippen LogP contribution >= 0.6 is 11.6 Å². The SMILES string of the molecule is Cc1cccc(NC(=O)C(=O)NCC(CCO)CC(C)C)c1Cl. The molecule has 6 heteroatoms. The first-order valence-corrected chi connectivity index (χ1v) is 8.18. The number of benzene rings is 1. The van der Waals surface area contributed by atoms with Crippen LogP contribution in [0.5, 0.6) is 0 Å². The van der Waals surface area contributed by atoms with Gasteiger partial charge in [0.15, 0.2) is 0 Å². The molecule has 1 aromatic carbocycles. The summed E-state index contributed by atoms with van der Waals surface area (Å²) in [7, 11) is 0. The van der Waals surface area contributed by atoms with E-state index in [9.17, 15) is 9.59 Å². The third-order valence-electron chi connectivity index (χ3n) is 3.54. The Hall–Kier alpha value is -1.59. The number of aryl methyl sites for hydroxylation is 1. The van der Waals surface area contributed by atoms with Crippen molar-refractivity contribution < 1.29 is 14.7 Å². The van der Waals surface area contributed by atoms with E-state index in [0.717, 1.165) is 12.0 Å². The normalized spacial score (nSPS) is 12.1. The van der Waals surface area contributed by atoms with Crippen molar-refractivity contribution >= 4 is 29.1 Å². The van der Waals surface area contributed by atoms with Gasteiger partial charge in [-0.25, -0.2) is 0 Å². The number of carbonyl (C=O) groups excluding carboxylic acids is 2. The van der Waals surface area contributed by atoms with Crippen molar-refractivity contribution in [2.75, 3.05) is 18.5 Å². The molecular weight excluding hydrogens is 316 g/mol. The van der Waals surface area contributed by atoms with Crippen molar-refractivity contribution in [2.24, 2.45) is 11.8 Å². The van der Waals surface area contributed by atoms with Gasteiger partial charge in [-0.1, -0.05) is 37.6 Å². The van der Waals surface area contributed by atoms with E-state index in [1.54, 1.807) is 12.1 Å². The maximum absolute atomic E-state index is 11.9. The summed E-state index contributed by atoms with van der Waals surface area (Å²) >= 11 is 6.09. The van der Waals surface area contributed by atoms with Gasteiger partial charge in [-0.2, -0.15) is 0 Å². The van der Waals surface area contributed by atoms with Gasteiger partial charge in [-0.3, -0.25) is 9.59 Å². The zero-order valence-electron chi connectivity index (χ0n) is 13.9. The number of hydrogen-bond acceptors (Lipinski definition) is 3. The highest BCUT2D eigenvalue weighted by molar-refractivity contribution is 6.41. The minimum Gasteiger partial charge on any atom is -0.396 e. The van der Waals surface area contributed by atoms with Crippen LogP contribution in [0.2, 0.25) is 5.02 Å². The van der Waals surface area contributed by atoms with E-state index < -0.39 is 11.8 Å². The van der Waals surface area contributed by atoms with Gasteiger partial charge in [-0.05, 0) is 43.2 Å². The summed E-state index contributed by atoms with van der Waals surface area (Å²) in [4.78, 5) is 23.8. The number of anilines is 1. The number of carbonyl (C=O) groups is 2. The number of amides is 2. The molecule has 0 heterocycles. The Balaban J connectivity index is 2.56. The number of halogens is 1. The lowest BCUT2D eigenvalue weighted by molar-refractivity contribution is -0.136. The minimum absolute atomic E-state index is 0.0678. The fourth-order valence-electron chi connectivity index (χ4n) is 2.39. The lowest BCUT2D eigenvalue weighted by Gasteiger charge is -2.18. The molecule has 0 aliphatic heterocycles. The first-order valence-electron chi connectivity index (χ1n) is 7.80. The largest absolute Gasteiger partial charge is 0.396 e. The number of hydrogen-bond donors (Lipinski definition) is 3. The molecule has 0 spiro atoms. The number of aliphatic hydroxyl groups excluding tert-OH is 1. The topological polar surface area (TPSA) is 78.4 Å². The van der Waals surface area contributed by atoms with Crippen molar-refractivity contribution in [1.29, 1.82) is 0 Å². The molecule has 1 rings (SSSR count). The summed E-state index contributed by atoms with van der Waals surface area (Å²) < 4.78 is 0. The fourth-order valence-corrected chi connectivity index (χ4v) is 2.57. The highest BCUT2D eigenvalue weighted by atomic mass is 35.5. The average Bonchev–Trinajstić information content (AvgIpc) is 2.48. The minimum atomic E-state index is -0.746. The molecule has 0 aromatic heterocycles. The van der Waals surface area contributed by atoms with Crippen LogP contribution in [0, 0.1) is 18.8 Å². The van der Waals surface area contributed by atoms with Crippen molar-refractivity contribution in [3.05, 3.63) is 28.8 Å². The van der Waals surface area contributed by atoms with Crippen LogP contribution in [0.25, 0.3) is 0 Å². The van der Waals surface area contributed by atoms with Crippen LogP contribution in [-0.4, -0.2) is 30.1 Å². The van der Waals surface area contributed by atoms with E-state index in [2.05, 4.69) is 24.5 Å². The van der Waals surface area contributed by atoms with Crippen molar-refractivity contribution in [1.82, 2.24) is 5.32 Å². The molecule has 0 bridgehead atoms. The zero-order valence-corrected chi connectivity index (χ0v) is 14.6. The molecule has 3 N–H and O–H groups in total. The molecule has 1 atom stereocenters. The Kier molecular flexibility index (Phi) is 8.06. The van der Waals surface area contributed by atoms with Crippen LogP contribution in [0.1, 0.15) is 32.3 Å². The molecule has 0 saturated heterocycles. The Morgan fingerprint density at radius 2 is 1.96 bits per heavy atom. The quantitative estimate of drug-likeness (QED) is 0.668. The predicted molar refractivity (Wildman–Crippen MR) is 92.5 cm³/mol. The van der Waals surface area contributed by atoms with Gasteiger partial charge < -0.3 is 15.7 Å². The highest BCUT2D eigenvalue weighted by Gasteiger charge is 2.18. The van der Waals surface area contributed by atoms with Gasteiger partial charge in [0.2, 0.25) is 0 Å². The summed E-state index contributed by atoms with van der Waals surface area (Å²) in [5.74, 6) is -0.832. The van der Waals surface area contributed by atoms with Crippen LogP contribution in [-0.2, 0) is 9.59 Å². The molecule has 0 radical (unpaired) electrons. The molecular formula is C17H25ClN2O3. The maximum Gasteiger partial charge on any atom is 0.313 e. The molecule has 2 amide bonds. The monoisotopic (exact) mass is 340 g/mol. The van der Waals surface area contributed by atoms with Gasteiger partial charge in [0.1, 0.15) is 0 Å². The van der Waals surface area contributed by atoms with Crippen LogP contribution in [0.15, 0.2) is 18.2 Å². The van der Waals surface area contributed by atoms with Crippen LogP contribution in [0.4, 0.5) is 5.69 Å². The molecule has 0 aliphatic carbocycles. The highest BCUT2D eigenvalue weighted by Crippen LogP contribution is 2.24. The van der Waals surface area contributed by atoms with E-state index in [1.165, 1.54) is 0 Å². The lowest BCUT2D eigenvalue weighted by atomic mass is 9.94. The summed E-state index contributed by atoms with van der Waals surface area (Å²) in [6, 6.07) is 5.23. The smallest absolute Gasteiger partial charge is 0.313 e. The van der Waals surface area contributed by atoms with Crippen molar-refractivity contribution in [3.63, 3.8) is 0 Å². The summed E-state index contributed by atoms with van der Waals surface area (Å²) in [6.45, 7) is 6.42. The standard InChI is InChI=1S/C17H25ClN2O3/c1-11(2)9-13(7-8-21)10-19-16(22)17(23)20-14-6-4-5-12(3)15(14)18/h4-6,11,13,21H,7-10H2,1-3H3,(H,19,22)(H,20,23). The molecule has 0 fully saturated rings. The van der Waals surface area contributed by atoms with E-state index >= 15 is 0 Å². The molecule has 1 unspecified atom stereocenters. The lowest BCUT2D eigenvalue weighted by Crippen LogP contribution is -2.38. The van der Waals surface area contributed by atoms with E-state index in [1.807, 2.05) is 13.0 Å². The third kappa shape index (κ3) is 6.59. The third-order valence-corrected chi connectivity index (χ3v) is 4.04. The first kappa shape index (κ1) is 19.5. The second kappa shape index (κ2) is 9.53. The summed E-state index contributed by atoms with van der Waals surface area (Å²) in [6.07, 6.45) is 1.48. The van der Waals surface area contributed by atoms with E-state index in [0.29, 0.717) is 29.6 Å². The van der Waals surface area contributed by atoms with Gasteiger partial charge in [-0.15, -0.1) is 0 Å². The Morgan fingerprint density at radius 1 is 1.26 bits per heavy atom. The fraction of sp³-hybridized carbons (Fsp3) is 0.529. The summed E-state index contributed by atoms with van der Waals surface area (Å²) in [5.41, 5.74) is 1.24. The molecule has 128 valence electrons. The molecule has 0 aliphatic rings. The Labute approximate surface area is 142 Å². The van der Waals surface area contributed by atoms with Gasteiger partial charge in [0.05, 0.1) is 10.7 Å². The zero-order chi connectivity index (χ0) is 17.4. The predicted octanol–water partition coefficient (Wildman–Crippen LogP) is 2.75. The second-order valence-corrected chi connectivity index (χ2v) is 6.49. The van der Waals surface area contributed by atoms with Gasteiger partial charge >= 0.3 is 11.8 Å². The number of aliphatic hydroxyl groups is 1. The van der Waals surface area contributed by atoms with Gasteiger partial charge in [0, 0.05) is 13.2 Å². The maximum atomic E-state index is 11.9. The Morgan fingerprint density at radius 3 is 2.57 bits per heavy atom. The Bertz CT molecular complexity index is 547. The molecule has 1 aromatic rings.